The summed E-state index contributed by atoms with van der Waals surface area (Å²) in [6.07, 6.45) is -3.05. The average molecular weight is 656 g/mol. The molecule has 1 atom stereocenters. The molecule has 2 heterocycles. The number of sulfonamides is 2. The van der Waals surface area contributed by atoms with Gasteiger partial charge < -0.3 is 9.84 Å². The van der Waals surface area contributed by atoms with Gasteiger partial charge in [0.2, 0.25) is 20.0 Å². The number of aromatic amines is 1. The molecule has 2 aromatic carbocycles. The summed E-state index contributed by atoms with van der Waals surface area (Å²) < 4.78 is 86.0. The van der Waals surface area contributed by atoms with Crippen LogP contribution in [0.15, 0.2) is 44.8 Å². The van der Waals surface area contributed by atoms with Crippen LogP contribution in [0, 0.1) is 0 Å². The Hall–Kier alpha value is -3.09. The highest BCUT2D eigenvalue weighted by Gasteiger charge is 2.35. The van der Waals surface area contributed by atoms with Gasteiger partial charge in [-0.05, 0) is 37.6 Å². The van der Waals surface area contributed by atoms with E-state index in [0.29, 0.717) is 4.68 Å². The number of phenolic OH excluding ortho intramolecular Hbond substituents is 1. The van der Waals surface area contributed by atoms with Gasteiger partial charge in [-0.15, -0.1) is 0 Å². The fourth-order valence-electron chi connectivity index (χ4n) is 3.90. The Kier molecular flexibility index (Phi) is 8.77. The van der Waals surface area contributed by atoms with Gasteiger partial charge in [-0.1, -0.05) is 23.2 Å². The summed E-state index contributed by atoms with van der Waals surface area (Å²) in [7, 11) is -7.86. The van der Waals surface area contributed by atoms with Crippen molar-refractivity contribution < 1.29 is 35.5 Å². The second-order valence-electron chi connectivity index (χ2n) is 8.70. The number of ether oxygens (including phenoxy) is 1. The van der Waals surface area contributed by atoms with Gasteiger partial charge in [0.05, 0.1) is 21.5 Å². The van der Waals surface area contributed by atoms with Gasteiger partial charge in [0.25, 0.3) is 12.0 Å². The maximum Gasteiger partial charge on any atom is 0.349 e. The SMILES string of the molecule is CCS(=O)(=O)NC1CCN(S(=O)(=O)c2cc(Oc3c(Cl)cc(-n4nc(C(F)F)c(=O)[nH]c4=O)cc3Cl)ccc2O)C1. The summed E-state index contributed by atoms with van der Waals surface area (Å²) in [6.45, 7) is 1.29. The van der Waals surface area contributed by atoms with E-state index in [-0.39, 0.29) is 52.5 Å². The van der Waals surface area contributed by atoms with E-state index in [4.69, 9.17) is 27.9 Å². The summed E-state index contributed by atoms with van der Waals surface area (Å²) in [6, 6.07) is 4.82. The third kappa shape index (κ3) is 6.54. The molecule has 0 bridgehead atoms. The molecule has 1 aliphatic rings. The first-order chi connectivity index (χ1) is 19.1. The number of alkyl halides is 2. The average Bonchev–Trinajstić information content (AvgIpc) is 3.35. The number of H-pyrrole nitrogens is 1. The van der Waals surface area contributed by atoms with Crippen LogP contribution in [0.3, 0.4) is 0 Å². The zero-order chi connectivity index (χ0) is 30.3. The number of rotatable bonds is 9. The summed E-state index contributed by atoms with van der Waals surface area (Å²) >= 11 is 12.5. The Morgan fingerprint density at radius 3 is 2.44 bits per heavy atom. The summed E-state index contributed by atoms with van der Waals surface area (Å²) in [5.41, 5.74) is -3.89. The standard InChI is InChI=1S/C22H21Cl2F2N5O8S2/c1-2-40(35,36)29-11-5-6-30(10-11)41(37,38)17-9-13(3-4-16(17)32)39-19-14(23)7-12(8-15(19)24)31-22(34)27-21(33)18(28-31)20(25)26/h3-4,7-9,11,20,29,32H,2,5-6,10H2,1H3,(H,27,33,34). The van der Waals surface area contributed by atoms with Crippen molar-refractivity contribution in [3.8, 4) is 22.9 Å². The van der Waals surface area contributed by atoms with Crippen LogP contribution in [0.5, 0.6) is 17.2 Å². The minimum atomic E-state index is -4.30. The molecule has 0 radical (unpaired) electrons. The molecular weight excluding hydrogens is 635 g/mol. The molecule has 0 aliphatic carbocycles. The molecule has 1 fully saturated rings. The summed E-state index contributed by atoms with van der Waals surface area (Å²) in [4.78, 5) is 24.9. The molecule has 1 aliphatic heterocycles. The first-order valence-electron chi connectivity index (χ1n) is 11.6. The molecule has 13 nitrogen and oxygen atoms in total. The number of aromatic nitrogens is 3. The summed E-state index contributed by atoms with van der Waals surface area (Å²) in [5, 5.41) is 13.2. The van der Waals surface area contributed by atoms with Crippen molar-refractivity contribution >= 4 is 43.2 Å². The van der Waals surface area contributed by atoms with E-state index in [1.54, 1.807) is 4.98 Å². The molecule has 222 valence electrons. The number of phenols is 1. The molecule has 0 amide bonds. The lowest BCUT2D eigenvalue weighted by Crippen LogP contribution is -2.39. The normalized spacial score (nSPS) is 16.4. The predicted molar refractivity (Wildman–Crippen MR) is 143 cm³/mol. The zero-order valence-electron chi connectivity index (χ0n) is 20.8. The minimum Gasteiger partial charge on any atom is -0.507 e. The van der Waals surface area contributed by atoms with Gasteiger partial charge in [0.15, 0.2) is 11.4 Å². The third-order valence-corrected chi connectivity index (χ3v) is 9.84. The third-order valence-electron chi connectivity index (χ3n) is 5.93. The van der Waals surface area contributed by atoms with E-state index in [1.807, 2.05) is 0 Å². The fourth-order valence-corrected chi connectivity index (χ4v) is 6.92. The quantitative estimate of drug-likeness (QED) is 0.312. The van der Waals surface area contributed by atoms with Crippen LogP contribution < -0.4 is 20.7 Å². The molecule has 1 aromatic heterocycles. The second kappa shape index (κ2) is 11.7. The highest BCUT2D eigenvalue weighted by Crippen LogP contribution is 2.40. The van der Waals surface area contributed by atoms with Crippen LogP contribution in [0.4, 0.5) is 8.78 Å². The molecule has 1 saturated heterocycles. The lowest BCUT2D eigenvalue weighted by atomic mass is 10.3. The first kappa shape index (κ1) is 30.9. The maximum absolute atomic E-state index is 13.3. The Morgan fingerprint density at radius 2 is 1.83 bits per heavy atom. The first-order valence-corrected chi connectivity index (χ1v) is 15.5. The molecule has 19 heteroatoms. The lowest BCUT2D eigenvalue weighted by molar-refractivity contribution is 0.141. The lowest BCUT2D eigenvalue weighted by Gasteiger charge is -2.19. The van der Waals surface area contributed by atoms with Crippen molar-refractivity contribution in [2.45, 2.75) is 30.7 Å². The number of halogens is 4. The molecule has 3 aromatic rings. The minimum absolute atomic E-state index is 0.00565. The topological polar surface area (TPSA) is 181 Å². The van der Waals surface area contributed by atoms with Crippen LogP contribution in [0.2, 0.25) is 10.0 Å². The molecule has 1 unspecified atom stereocenters. The van der Waals surface area contributed by atoms with Crippen LogP contribution >= 0.6 is 23.2 Å². The number of aromatic hydroxyl groups is 1. The number of benzene rings is 2. The Balaban J connectivity index is 1.62. The molecule has 0 spiro atoms. The van der Waals surface area contributed by atoms with Gasteiger partial charge in [0.1, 0.15) is 16.4 Å². The van der Waals surface area contributed by atoms with Gasteiger partial charge in [-0.2, -0.15) is 14.1 Å². The molecular formula is C22H21Cl2F2N5O8S2. The van der Waals surface area contributed by atoms with E-state index in [9.17, 15) is 40.3 Å². The molecule has 4 rings (SSSR count). The maximum atomic E-state index is 13.3. The van der Waals surface area contributed by atoms with Crippen LogP contribution in [-0.4, -0.2) is 65.9 Å². The van der Waals surface area contributed by atoms with E-state index in [0.717, 1.165) is 28.6 Å². The Bertz CT molecular complexity index is 1810. The van der Waals surface area contributed by atoms with Crippen molar-refractivity contribution in [3.63, 3.8) is 0 Å². The highest BCUT2D eigenvalue weighted by molar-refractivity contribution is 7.89. The molecule has 3 N–H and O–H groups in total. The van der Waals surface area contributed by atoms with Gasteiger partial charge in [0, 0.05) is 25.2 Å². The summed E-state index contributed by atoms with van der Waals surface area (Å²) in [5.74, 6) is -1.11. The monoisotopic (exact) mass is 655 g/mol. The van der Waals surface area contributed by atoms with Crippen molar-refractivity contribution in [1.29, 1.82) is 0 Å². The van der Waals surface area contributed by atoms with Gasteiger partial charge in [-0.3, -0.25) is 9.78 Å². The predicted octanol–water partition coefficient (Wildman–Crippen LogP) is 2.37. The number of nitrogens with one attached hydrogen (secondary N) is 2. The van der Waals surface area contributed by atoms with Crippen molar-refractivity contribution in [3.05, 3.63) is 66.9 Å². The second-order valence-corrected chi connectivity index (χ2v) is 13.5. The van der Waals surface area contributed by atoms with Crippen molar-refractivity contribution in [2.24, 2.45) is 0 Å². The van der Waals surface area contributed by atoms with Gasteiger partial charge >= 0.3 is 5.69 Å². The highest BCUT2D eigenvalue weighted by atomic mass is 35.5. The van der Waals surface area contributed by atoms with Gasteiger partial charge in [-0.25, -0.2) is 35.1 Å². The van der Waals surface area contributed by atoms with E-state index in [1.165, 1.54) is 13.0 Å². The molecule has 0 saturated carbocycles. The number of hydrogen-bond acceptors (Lipinski definition) is 9. The Labute approximate surface area is 241 Å². The van der Waals surface area contributed by atoms with E-state index >= 15 is 0 Å². The van der Waals surface area contributed by atoms with E-state index < -0.39 is 60.1 Å². The van der Waals surface area contributed by atoms with Crippen molar-refractivity contribution in [1.82, 2.24) is 23.8 Å². The van der Waals surface area contributed by atoms with Crippen molar-refractivity contribution in [2.75, 3.05) is 18.8 Å². The largest absolute Gasteiger partial charge is 0.507 e. The van der Waals surface area contributed by atoms with Crippen LogP contribution in [0.1, 0.15) is 25.5 Å². The number of nitrogens with zero attached hydrogens (tertiary/aromatic N) is 3. The van der Waals surface area contributed by atoms with E-state index in [2.05, 4.69) is 9.82 Å². The van der Waals surface area contributed by atoms with Crippen LogP contribution in [-0.2, 0) is 20.0 Å². The smallest absolute Gasteiger partial charge is 0.349 e. The van der Waals surface area contributed by atoms with Crippen LogP contribution in [0.25, 0.3) is 5.69 Å². The zero-order valence-corrected chi connectivity index (χ0v) is 24.0. The number of hydrogen-bond donors (Lipinski definition) is 3. The fraction of sp³-hybridized carbons (Fsp3) is 0.318. The Morgan fingerprint density at radius 1 is 1.17 bits per heavy atom. The molecule has 41 heavy (non-hydrogen) atoms.